The molecule has 2 aromatic heterocycles. The second-order valence-electron chi connectivity index (χ2n) is 6.86. The van der Waals surface area contributed by atoms with Gasteiger partial charge in [-0.2, -0.15) is 4.98 Å². The molecule has 0 saturated carbocycles. The average Bonchev–Trinajstić information content (AvgIpc) is 3.26. The van der Waals surface area contributed by atoms with Crippen molar-refractivity contribution in [3.8, 4) is 0 Å². The molecule has 8 heteroatoms. The van der Waals surface area contributed by atoms with Crippen molar-refractivity contribution in [1.29, 1.82) is 0 Å². The van der Waals surface area contributed by atoms with Crippen LogP contribution in [0.5, 0.6) is 0 Å². The number of hydrogen-bond acceptors (Lipinski definition) is 5. The fourth-order valence-electron chi connectivity index (χ4n) is 3.66. The van der Waals surface area contributed by atoms with Crippen molar-refractivity contribution in [3.63, 3.8) is 0 Å². The first-order chi connectivity index (χ1) is 12.9. The summed E-state index contributed by atoms with van der Waals surface area (Å²) >= 11 is 0. The maximum Gasteiger partial charge on any atom is 0.308 e. The van der Waals surface area contributed by atoms with Crippen molar-refractivity contribution in [2.24, 2.45) is 5.92 Å². The van der Waals surface area contributed by atoms with Crippen LogP contribution in [0.1, 0.15) is 33.5 Å². The summed E-state index contributed by atoms with van der Waals surface area (Å²) < 4.78 is 1.53. The Morgan fingerprint density at radius 3 is 2.56 bits per heavy atom. The lowest BCUT2D eigenvalue weighted by Crippen LogP contribution is -2.30. The Morgan fingerprint density at radius 1 is 1.11 bits per heavy atom. The highest BCUT2D eigenvalue weighted by molar-refractivity contribution is 5.92. The van der Waals surface area contributed by atoms with Gasteiger partial charge in [0.2, 0.25) is 5.82 Å². The summed E-state index contributed by atoms with van der Waals surface area (Å²) in [5.41, 5.74) is 2.54. The minimum absolute atomic E-state index is 0.0362. The van der Waals surface area contributed by atoms with E-state index < -0.39 is 11.9 Å². The molecular weight excluding hydrogens is 346 g/mol. The quantitative estimate of drug-likeness (QED) is 0.758. The highest BCUT2D eigenvalue weighted by Gasteiger charge is 2.41. The number of likely N-dealkylation sites (tertiary alicyclic amines) is 1. The van der Waals surface area contributed by atoms with Crippen LogP contribution in [0.2, 0.25) is 0 Å². The zero-order chi connectivity index (χ0) is 19.1. The van der Waals surface area contributed by atoms with Gasteiger partial charge in [0.15, 0.2) is 0 Å². The van der Waals surface area contributed by atoms with E-state index in [4.69, 9.17) is 0 Å². The fraction of sp³-hybridized carbons (Fsp3) is 0.316. The van der Waals surface area contributed by atoms with Crippen LogP contribution >= 0.6 is 0 Å². The third-order valence-corrected chi connectivity index (χ3v) is 4.96. The number of fused-ring (bicyclic) bond motifs is 1. The van der Waals surface area contributed by atoms with E-state index in [0.29, 0.717) is 12.3 Å². The van der Waals surface area contributed by atoms with Gasteiger partial charge >= 0.3 is 5.97 Å². The van der Waals surface area contributed by atoms with Crippen LogP contribution in [0.25, 0.3) is 5.78 Å². The molecule has 0 radical (unpaired) electrons. The smallest absolute Gasteiger partial charge is 0.308 e. The van der Waals surface area contributed by atoms with Crippen LogP contribution in [0.4, 0.5) is 0 Å². The van der Waals surface area contributed by atoms with Gasteiger partial charge in [0.05, 0.1) is 5.92 Å². The van der Waals surface area contributed by atoms with Crippen molar-refractivity contribution in [2.45, 2.75) is 19.8 Å². The lowest BCUT2D eigenvalue weighted by molar-refractivity contribution is -0.141. The van der Waals surface area contributed by atoms with Crippen molar-refractivity contribution >= 4 is 17.7 Å². The Bertz CT molecular complexity index is 1030. The zero-order valence-electron chi connectivity index (χ0n) is 15.0. The van der Waals surface area contributed by atoms with Crippen LogP contribution in [0, 0.1) is 19.8 Å². The maximum atomic E-state index is 12.9. The largest absolute Gasteiger partial charge is 0.481 e. The van der Waals surface area contributed by atoms with E-state index in [2.05, 4.69) is 15.1 Å². The van der Waals surface area contributed by atoms with Crippen LogP contribution in [-0.4, -0.2) is 54.6 Å². The summed E-state index contributed by atoms with van der Waals surface area (Å²) in [7, 11) is 0. The van der Waals surface area contributed by atoms with Gasteiger partial charge in [0.1, 0.15) is 0 Å². The van der Waals surface area contributed by atoms with Gasteiger partial charge in [-0.05, 0) is 25.5 Å². The lowest BCUT2D eigenvalue weighted by atomic mass is 9.89. The number of nitrogens with zero attached hydrogens (tertiary/aromatic N) is 5. The van der Waals surface area contributed by atoms with Gasteiger partial charge < -0.3 is 10.0 Å². The standard InChI is InChI=1S/C19H19N5O3/c1-11-8-12(2)24-19(20-11)21-16(22-24)17(25)23-9-14(15(10-23)18(26)27)13-6-4-3-5-7-13/h3-8,14-15H,9-10H2,1-2H3,(H,26,27)/t14-,15-/m0/s1. The summed E-state index contributed by atoms with van der Waals surface area (Å²) in [6.07, 6.45) is 0. The minimum Gasteiger partial charge on any atom is -0.481 e. The van der Waals surface area contributed by atoms with E-state index in [1.807, 2.05) is 50.2 Å². The molecule has 1 aromatic carbocycles. The highest BCUT2D eigenvalue weighted by atomic mass is 16.4. The molecule has 0 bridgehead atoms. The van der Waals surface area contributed by atoms with E-state index in [-0.39, 0.29) is 24.2 Å². The molecule has 1 N–H and O–H groups in total. The zero-order valence-corrected chi connectivity index (χ0v) is 15.0. The number of benzene rings is 1. The molecule has 27 heavy (non-hydrogen) atoms. The molecule has 138 valence electrons. The third kappa shape index (κ3) is 3.03. The third-order valence-electron chi connectivity index (χ3n) is 4.96. The van der Waals surface area contributed by atoms with Crippen LogP contribution in [-0.2, 0) is 4.79 Å². The van der Waals surface area contributed by atoms with Gasteiger partial charge in [-0.15, -0.1) is 5.10 Å². The number of carboxylic acids is 1. The Kier molecular flexibility index (Phi) is 4.10. The summed E-state index contributed by atoms with van der Waals surface area (Å²) in [4.78, 5) is 34.7. The molecule has 0 aliphatic carbocycles. The number of carbonyl (C=O) groups is 2. The van der Waals surface area contributed by atoms with Gasteiger partial charge in [-0.25, -0.2) is 9.50 Å². The molecule has 4 rings (SSSR count). The fourth-order valence-corrected chi connectivity index (χ4v) is 3.66. The van der Waals surface area contributed by atoms with Crippen molar-refractivity contribution in [2.75, 3.05) is 13.1 Å². The number of carbonyl (C=O) groups excluding carboxylic acids is 1. The summed E-state index contributed by atoms with van der Waals surface area (Å²) in [6, 6.07) is 11.3. The van der Waals surface area contributed by atoms with Crippen molar-refractivity contribution < 1.29 is 14.7 Å². The second-order valence-corrected chi connectivity index (χ2v) is 6.86. The number of carboxylic acid groups (broad SMARTS) is 1. The topological polar surface area (TPSA) is 101 Å². The minimum atomic E-state index is -0.907. The Morgan fingerprint density at radius 2 is 1.85 bits per heavy atom. The molecule has 1 fully saturated rings. The summed E-state index contributed by atoms with van der Waals surface area (Å²) in [5, 5.41) is 13.9. The molecule has 1 saturated heterocycles. The number of rotatable bonds is 3. The van der Waals surface area contributed by atoms with E-state index in [0.717, 1.165) is 17.0 Å². The number of aromatic nitrogens is 4. The molecule has 1 amide bonds. The predicted molar refractivity (Wildman–Crippen MR) is 96.5 cm³/mol. The molecule has 8 nitrogen and oxygen atoms in total. The number of hydrogen-bond donors (Lipinski definition) is 1. The monoisotopic (exact) mass is 365 g/mol. The lowest BCUT2D eigenvalue weighted by Gasteiger charge is -2.15. The van der Waals surface area contributed by atoms with Crippen LogP contribution < -0.4 is 0 Å². The van der Waals surface area contributed by atoms with E-state index in [9.17, 15) is 14.7 Å². The van der Waals surface area contributed by atoms with Crippen molar-refractivity contribution in [3.05, 3.63) is 59.2 Å². The predicted octanol–water partition coefficient (Wildman–Crippen LogP) is 1.68. The van der Waals surface area contributed by atoms with Crippen LogP contribution in [0.3, 0.4) is 0 Å². The van der Waals surface area contributed by atoms with Crippen LogP contribution in [0.15, 0.2) is 36.4 Å². The number of aliphatic carboxylic acids is 1. The molecule has 3 heterocycles. The normalized spacial score (nSPS) is 19.6. The maximum absolute atomic E-state index is 12.9. The number of aryl methyl sites for hydroxylation is 2. The highest BCUT2D eigenvalue weighted by Crippen LogP contribution is 2.33. The first-order valence-corrected chi connectivity index (χ1v) is 8.72. The molecular formula is C19H19N5O3. The van der Waals surface area contributed by atoms with Gasteiger partial charge in [-0.1, -0.05) is 30.3 Å². The Balaban J connectivity index is 1.64. The van der Waals surface area contributed by atoms with Crippen molar-refractivity contribution in [1.82, 2.24) is 24.5 Å². The SMILES string of the molecule is Cc1cc(C)n2nc(C(=O)N3C[C@H](C(=O)O)[C@H](c4ccccc4)C3)nc2n1. The van der Waals surface area contributed by atoms with E-state index >= 15 is 0 Å². The van der Waals surface area contributed by atoms with Gasteiger partial charge in [0.25, 0.3) is 11.7 Å². The average molecular weight is 365 g/mol. The number of amides is 1. The van der Waals surface area contributed by atoms with Gasteiger partial charge in [-0.3, -0.25) is 9.59 Å². The molecule has 1 aliphatic rings. The summed E-state index contributed by atoms with van der Waals surface area (Å²) in [6.45, 7) is 4.17. The van der Waals surface area contributed by atoms with E-state index in [1.165, 1.54) is 9.42 Å². The second kappa shape index (κ2) is 6.46. The molecule has 3 aromatic rings. The molecule has 0 spiro atoms. The first kappa shape index (κ1) is 17.1. The first-order valence-electron chi connectivity index (χ1n) is 8.72. The molecule has 1 aliphatic heterocycles. The molecule has 2 atom stereocenters. The Labute approximate surface area is 155 Å². The van der Waals surface area contributed by atoms with Gasteiger partial charge in [0, 0.05) is 30.4 Å². The summed E-state index contributed by atoms with van der Waals surface area (Å²) in [5.74, 6) is -1.79. The Hall–Kier alpha value is -3.29. The van der Waals surface area contributed by atoms with E-state index in [1.54, 1.807) is 0 Å². The molecule has 0 unspecified atom stereocenters.